The smallest absolute Gasteiger partial charge is 0.165 e. The molecule has 3 nitrogen and oxygen atoms in total. The van der Waals surface area contributed by atoms with E-state index >= 15 is 0 Å². The molecule has 4 heteroatoms. The second kappa shape index (κ2) is 5.10. The number of aryl methyl sites for hydroxylation is 1. The van der Waals surface area contributed by atoms with Crippen molar-refractivity contribution in [2.75, 3.05) is 0 Å². The van der Waals surface area contributed by atoms with Crippen molar-refractivity contribution >= 4 is 21.7 Å². The van der Waals surface area contributed by atoms with Gasteiger partial charge in [-0.05, 0) is 58.5 Å². The van der Waals surface area contributed by atoms with Gasteiger partial charge in [-0.15, -0.1) is 0 Å². The van der Waals surface area contributed by atoms with Gasteiger partial charge in [0.25, 0.3) is 0 Å². The van der Waals surface area contributed by atoms with Crippen molar-refractivity contribution in [2.45, 2.75) is 33.6 Å². The predicted octanol–water partition coefficient (Wildman–Crippen LogP) is 4.58. The zero-order valence-corrected chi connectivity index (χ0v) is 14.5. The Morgan fingerprint density at radius 3 is 2.68 bits per heavy atom. The third-order valence-electron chi connectivity index (χ3n) is 4.21. The number of benzene rings is 1. The SMILES string of the molecule is Cc1cn(-c2ccc(C#N)c(Br)c2)c2c1C(=O)CC(C)(C)C2. The number of nitrogens with zero attached hydrogens (tertiary/aromatic N) is 2. The fourth-order valence-electron chi connectivity index (χ4n) is 3.25. The Hall–Kier alpha value is -1.86. The molecule has 0 radical (unpaired) electrons. The molecule has 0 bridgehead atoms. The number of carbonyl (C=O) groups is 1. The van der Waals surface area contributed by atoms with Crippen LogP contribution in [0.3, 0.4) is 0 Å². The van der Waals surface area contributed by atoms with Gasteiger partial charge in [-0.2, -0.15) is 5.26 Å². The Balaban J connectivity index is 2.18. The Morgan fingerprint density at radius 2 is 2.05 bits per heavy atom. The van der Waals surface area contributed by atoms with Gasteiger partial charge in [0, 0.05) is 34.0 Å². The third kappa shape index (κ3) is 2.40. The fraction of sp³-hybridized carbons (Fsp3) is 0.333. The lowest BCUT2D eigenvalue weighted by atomic mass is 9.75. The molecule has 0 atom stereocenters. The maximum absolute atomic E-state index is 12.5. The summed E-state index contributed by atoms with van der Waals surface area (Å²) in [5.41, 5.74) is 4.54. The summed E-state index contributed by atoms with van der Waals surface area (Å²) in [7, 11) is 0. The van der Waals surface area contributed by atoms with Crippen molar-refractivity contribution in [1.29, 1.82) is 5.26 Å². The largest absolute Gasteiger partial charge is 0.320 e. The molecule has 1 heterocycles. The minimum absolute atomic E-state index is 0.0174. The van der Waals surface area contributed by atoms with Crippen LogP contribution in [0.4, 0.5) is 0 Å². The number of hydrogen-bond acceptors (Lipinski definition) is 2. The van der Waals surface area contributed by atoms with Crippen LogP contribution < -0.4 is 0 Å². The van der Waals surface area contributed by atoms with Crippen molar-refractivity contribution in [2.24, 2.45) is 5.41 Å². The van der Waals surface area contributed by atoms with Gasteiger partial charge in [0.1, 0.15) is 6.07 Å². The van der Waals surface area contributed by atoms with Gasteiger partial charge in [0.2, 0.25) is 0 Å². The summed E-state index contributed by atoms with van der Waals surface area (Å²) in [6.45, 7) is 6.26. The fourth-order valence-corrected chi connectivity index (χ4v) is 3.71. The molecule has 0 aliphatic heterocycles. The van der Waals surface area contributed by atoms with E-state index in [0.717, 1.165) is 33.4 Å². The average molecular weight is 357 g/mol. The van der Waals surface area contributed by atoms with E-state index in [1.807, 2.05) is 25.3 Å². The van der Waals surface area contributed by atoms with Crippen molar-refractivity contribution in [3.63, 3.8) is 0 Å². The molecule has 1 aromatic heterocycles. The number of halogens is 1. The van der Waals surface area contributed by atoms with Crippen molar-refractivity contribution < 1.29 is 4.79 Å². The molecule has 1 aliphatic rings. The number of ketones is 1. The van der Waals surface area contributed by atoms with Crippen LogP contribution in [0.15, 0.2) is 28.9 Å². The molecule has 1 aromatic carbocycles. The molecule has 1 aliphatic carbocycles. The molecule has 0 N–H and O–H groups in total. The minimum atomic E-state index is -0.0174. The van der Waals surface area contributed by atoms with E-state index in [2.05, 4.69) is 40.4 Å². The van der Waals surface area contributed by atoms with Gasteiger partial charge in [0.15, 0.2) is 5.78 Å². The molecule has 0 unspecified atom stereocenters. The van der Waals surface area contributed by atoms with Crippen LogP contribution in [0.2, 0.25) is 0 Å². The summed E-state index contributed by atoms with van der Waals surface area (Å²) >= 11 is 3.44. The molecule has 112 valence electrons. The Bertz CT molecular complexity index is 824. The molecule has 3 rings (SSSR count). The van der Waals surface area contributed by atoms with Crippen molar-refractivity contribution in [3.05, 3.63) is 51.3 Å². The van der Waals surface area contributed by atoms with E-state index < -0.39 is 0 Å². The quantitative estimate of drug-likeness (QED) is 0.750. The summed E-state index contributed by atoms with van der Waals surface area (Å²) in [5, 5.41) is 9.05. The van der Waals surface area contributed by atoms with Gasteiger partial charge in [-0.3, -0.25) is 4.79 Å². The number of aromatic nitrogens is 1. The van der Waals surface area contributed by atoms with Crippen LogP contribution in [0.25, 0.3) is 5.69 Å². The lowest BCUT2D eigenvalue weighted by Gasteiger charge is -2.30. The first kappa shape index (κ1) is 15.1. The minimum Gasteiger partial charge on any atom is -0.320 e. The summed E-state index contributed by atoms with van der Waals surface area (Å²) in [4.78, 5) is 12.5. The summed E-state index contributed by atoms with van der Waals surface area (Å²) in [6.07, 6.45) is 3.50. The maximum atomic E-state index is 12.5. The van der Waals surface area contributed by atoms with Crippen LogP contribution in [-0.2, 0) is 6.42 Å². The van der Waals surface area contributed by atoms with E-state index in [1.54, 1.807) is 6.07 Å². The molecule has 0 saturated heterocycles. The highest BCUT2D eigenvalue weighted by Gasteiger charge is 2.34. The van der Waals surface area contributed by atoms with Gasteiger partial charge < -0.3 is 4.57 Å². The van der Waals surface area contributed by atoms with Crippen molar-refractivity contribution in [3.8, 4) is 11.8 Å². The summed E-state index contributed by atoms with van der Waals surface area (Å²) < 4.78 is 2.86. The number of fused-ring (bicyclic) bond motifs is 1. The van der Waals surface area contributed by atoms with Crippen LogP contribution in [-0.4, -0.2) is 10.4 Å². The highest BCUT2D eigenvalue weighted by Crippen LogP contribution is 2.38. The van der Waals surface area contributed by atoms with E-state index in [0.29, 0.717) is 12.0 Å². The van der Waals surface area contributed by atoms with Crippen LogP contribution >= 0.6 is 15.9 Å². The zero-order chi connectivity index (χ0) is 16.1. The molecule has 0 spiro atoms. The highest BCUT2D eigenvalue weighted by molar-refractivity contribution is 9.10. The molecular formula is C18H17BrN2O. The second-order valence-electron chi connectivity index (χ2n) is 6.72. The number of hydrogen-bond donors (Lipinski definition) is 0. The summed E-state index contributed by atoms with van der Waals surface area (Å²) in [6, 6.07) is 7.81. The molecular weight excluding hydrogens is 340 g/mol. The lowest BCUT2D eigenvalue weighted by molar-refractivity contribution is 0.0910. The average Bonchev–Trinajstić information content (AvgIpc) is 2.74. The second-order valence-corrected chi connectivity index (χ2v) is 7.58. The molecule has 2 aromatic rings. The van der Waals surface area contributed by atoms with Crippen LogP contribution in [0.1, 0.15) is 47.4 Å². The normalized spacial score (nSPS) is 16.2. The monoisotopic (exact) mass is 356 g/mol. The number of carbonyl (C=O) groups excluding carboxylic acids is 1. The highest BCUT2D eigenvalue weighted by atomic mass is 79.9. The van der Waals surface area contributed by atoms with Crippen LogP contribution in [0, 0.1) is 23.7 Å². The number of nitriles is 1. The predicted molar refractivity (Wildman–Crippen MR) is 89.4 cm³/mol. The Kier molecular flexibility index (Phi) is 3.49. The van der Waals surface area contributed by atoms with E-state index in [9.17, 15) is 4.79 Å². The van der Waals surface area contributed by atoms with Gasteiger partial charge in [-0.25, -0.2) is 0 Å². The molecule has 22 heavy (non-hydrogen) atoms. The maximum Gasteiger partial charge on any atom is 0.165 e. The lowest BCUT2D eigenvalue weighted by Crippen LogP contribution is -2.28. The first-order valence-corrected chi connectivity index (χ1v) is 8.06. The topological polar surface area (TPSA) is 45.8 Å². The van der Waals surface area contributed by atoms with Crippen LogP contribution in [0.5, 0.6) is 0 Å². The molecule has 0 saturated carbocycles. The first-order chi connectivity index (χ1) is 10.3. The molecule has 0 amide bonds. The molecule has 0 fully saturated rings. The van der Waals surface area contributed by atoms with Gasteiger partial charge >= 0.3 is 0 Å². The Labute approximate surface area is 138 Å². The van der Waals surface area contributed by atoms with Crippen molar-refractivity contribution in [1.82, 2.24) is 4.57 Å². The van der Waals surface area contributed by atoms with E-state index in [-0.39, 0.29) is 11.2 Å². The Morgan fingerprint density at radius 1 is 1.32 bits per heavy atom. The number of rotatable bonds is 1. The zero-order valence-electron chi connectivity index (χ0n) is 12.9. The first-order valence-electron chi connectivity index (χ1n) is 7.26. The summed E-state index contributed by atoms with van der Waals surface area (Å²) in [5.74, 6) is 0.232. The van der Waals surface area contributed by atoms with E-state index in [4.69, 9.17) is 5.26 Å². The van der Waals surface area contributed by atoms with Gasteiger partial charge in [-0.1, -0.05) is 13.8 Å². The number of Topliss-reactive ketones (excluding diaryl/α,β-unsaturated/α-hetero) is 1. The van der Waals surface area contributed by atoms with E-state index in [1.165, 1.54) is 0 Å². The van der Waals surface area contributed by atoms with Gasteiger partial charge in [0.05, 0.1) is 5.56 Å². The standard InChI is InChI=1S/C18H17BrN2O/c1-11-10-21(13-5-4-12(9-20)14(19)6-13)15-7-18(2,3)8-16(22)17(11)15/h4-6,10H,7-8H2,1-3H3. The third-order valence-corrected chi connectivity index (χ3v) is 4.87.